The number of para-hydroxylation sites is 1. The van der Waals surface area contributed by atoms with Crippen molar-refractivity contribution in [3.8, 4) is 10.6 Å². The molecule has 2 aromatic rings. The van der Waals surface area contributed by atoms with Crippen LogP contribution in [0.5, 0.6) is 0 Å². The van der Waals surface area contributed by atoms with Gasteiger partial charge in [0.05, 0.1) is 16.4 Å². The molecular formula is C10H8ClN3O2S. The van der Waals surface area contributed by atoms with Gasteiger partial charge in [0.2, 0.25) is 0 Å². The van der Waals surface area contributed by atoms with Crippen LogP contribution in [0.1, 0.15) is 10.6 Å². The van der Waals surface area contributed by atoms with E-state index in [4.69, 9.17) is 11.6 Å². The predicted molar refractivity (Wildman–Crippen MR) is 66.3 cm³/mol. The maximum Gasteiger partial charge on any atom is 0.282 e. The fraction of sp³-hybridized carbons (Fsp3) is 0.200. The summed E-state index contributed by atoms with van der Waals surface area (Å²) in [6, 6.07) is 5.13. The summed E-state index contributed by atoms with van der Waals surface area (Å²) in [4.78, 5) is 10.6. The molecule has 0 aliphatic heterocycles. The molecule has 88 valence electrons. The van der Waals surface area contributed by atoms with E-state index >= 15 is 0 Å². The van der Waals surface area contributed by atoms with Crippen molar-refractivity contribution in [1.82, 2.24) is 10.2 Å². The van der Waals surface area contributed by atoms with Gasteiger partial charge in [0.25, 0.3) is 5.69 Å². The first kappa shape index (κ1) is 11.9. The molecule has 0 saturated carbocycles. The predicted octanol–water partition coefficient (Wildman–Crippen LogP) is 3.16. The van der Waals surface area contributed by atoms with Gasteiger partial charge in [-0.2, -0.15) is 0 Å². The molecule has 0 aliphatic carbocycles. The van der Waals surface area contributed by atoms with Gasteiger partial charge in [0.1, 0.15) is 5.01 Å². The first-order chi connectivity index (χ1) is 8.13. The Morgan fingerprint density at radius 3 is 2.82 bits per heavy atom. The largest absolute Gasteiger partial charge is 0.282 e. The molecule has 1 heterocycles. The first-order valence-corrected chi connectivity index (χ1v) is 6.11. The van der Waals surface area contributed by atoms with E-state index in [-0.39, 0.29) is 11.6 Å². The standard InChI is InChI=1S/C10H8ClN3O2S/c1-6-3-2-4-7(9(6)14(15)16)10-13-12-8(5-11)17-10/h2-4H,5H2,1H3. The molecule has 5 nitrogen and oxygen atoms in total. The highest BCUT2D eigenvalue weighted by Crippen LogP contribution is 2.34. The van der Waals surface area contributed by atoms with Crippen LogP contribution in [0, 0.1) is 17.0 Å². The van der Waals surface area contributed by atoms with Crippen LogP contribution in [0.2, 0.25) is 0 Å². The lowest BCUT2D eigenvalue weighted by atomic mass is 10.1. The third-order valence-corrected chi connectivity index (χ3v) is 3.60. The Kier molecular flexibility index (Phi) is 3.35. The Morgan fingerprint density at radius 1 is 1.47 bits per heavy atom. The quantitative estimate of drug-likeness (QED) is 0.487. The molecule has 7 heteroatoms. The van der Waals surface area contributed by atoms with E-state index in [1.807, 2.05) is 0 Å². The fourth-order valence-corrected chi connectivity index (χ4v) is 2.42. The molecular weight excluding hydrogens is 262 g/mol. The third-order valence-electron chi connectivity index (χ3n) is 2.23. The van der Waals surface area contributed by atoms with Crippen LogP contribution >= 0.6 is 22.9 Å². The van der Waals surface area contributed by atoms with Crippen LogP contribution < -0.4 is 0 Å². The van der Waals surface area contributed by atoms with Crippen LogP contribution in [0.3, 0.4) is 0 Å². The SMILES string of the molecule is Cc1cccc(-c2nnc(CCl)s2)c1[N+](=O)[O-]. The number of aryl methyl sites for hydroxylation is 1. The fourth-order valence-electron chi connectivity index (χ4n) is 1.49. The normalized spacial score (nSPS) is 10.5. The van der Waals surface area contributed by atoms with Crippen molar-refractivity contribution in [2.24, 2.45) is 0 Å². The minimum absolute atomic E-state index is 0.0739. The van der Waals surface area contributed by atoms with Gasteiger partial charge in [-0.1, -0.05) is 23.5 Å². The number of hydrogen-bond donors (Lipinski definition) is 0. The second-order valence-electron chi connectivity index (χ2n) is 3.36. The van der Waals surface area contributed by atoms with Crippen molar-refractivity contribution in [3.05, 3.63) is 38.9 Å². The summed E-state index contributed by atoms with van der Waals surface area (Å²) in [6.45, 7) is 1.70. The van der Waals surface area contributed by atoms with E-state index in [0.29, 0.717) is 21.1 Å². The zero-order chi connectivity index (χ0) is 12.4. The molecule has 0 atom stereocenters. The molecule has 17 heavy (non-hydrogen) atoms. The number of nitro groups is 1. The second-order valence-corrected chi connectivity index (χ2v) is 4.69. The van der Waals surface area contributed by atoms with Gasteiger partial charge in [0, 0.05) is 5.56 Å². The average molecular weight is 270 g/mol. The van der Waals surface area contributed by atoms with E-state index < -0.39 is 4.92 Å². The molecule has 0 radical (unpaired) electrons. The summed E-state index contributed by atoms with van der Waals surface area (Å²) in [6.07, 6.45) is 0. The number of nitro benzene ring substituents is 1. The summed E-state index contributed by atoms with van der Waals surface area (Å²) in [5, 5.41) is 20.0. The molecule has 1 aromatic carbocycles. The number of benzene rings is 1. The zero-order valence-electron chi connectivity index (χ0n) is 8.88. The van der Waals surface area contributed by atoms with Crippen molar-refractivity contribution < 1.29 is 4.92 Å². The van der Waals surface area contributed by atoms with Gasteiger partial charge in [-0.3, -0.25) is 10.1 Å². The summed E-state index contributed by atoms with van der Waals surface area (Å²) in [5.41, 5.74) is 1.17. The number of alkyl halides is 1. The summed E-state index contributed by atoms with van der Waals surface area (Å²) in [5.74, 6) is 0.261. The molecule has 0 amide bonds. The summed E-state index contributed by atoms with van der Waals surface area (Å²) >= 11 is 6.90. The molecule has 0 fully saturated rings. The van der Waals surface area contributed by atoms with Crippen LogP contribution in [-0.2, 0) is 5.88 Å². The zero-order valence-corrected chi connectivity index (χ0v) is 10.5. The maximum absolute atomic E-state index is 11.0. The topological polar surface area (TPSA) is 68.9 Å². The van der Waals surface area contributed by atoms with Crippen molar-refractivity contribution >= 4 is 28.6 Å². The van der Waals surface area contributed by atoms with E-state index in [0.717, 1.165) is 0 Å². The van der Waals surface area contributed by atoms with Crippen LogP contribution in [0.4, 0.5) is 5.69 Å². The van der Waals surface area contributed by atoms with E-state index in [2.05, 4.69) is 10.2 Å². The molecule has 0 spiro atoms. The molecule has 0 saturated heterocycles. The van der Waals surface area contributed by atoms with Crippen LogP contribution in [-0.4, -0.2) is 15.1 Å². The molecule has 0 N–H and O–H groups in total. The van der Waals surface area contributed by atoms with E-state index in [1.54, 1.807) is 25.1 Å². The van der Waals surface area contributed by atoms with Crippen molar-refractivity contribution in [2.75, 3.05) is 0 Å². The van der Waals surface area contributed by atoms with Gasteiger partial charge < -0.3 is 0 Å². The van der Waals surface area contributed by atoms with Crippen LogP contribution in [0.15, 0.2) is 18.2 Å². The molecule has 0 bridgehead atoms. The second kappa shape index (κ2) is 4.77. The lowest BCUT2D eigenvalue weighted by Crippen LogP contribution is -1.94. The highest BCUT2D eigenvalue weighted by molar-refractivity contribution is 7.14. The minimum atomic E-state index is -0.396. The van der Waals surface area contributed by atoms with Gasteiger partial charge >= 0.3 is 0 Å². The molecule has 2 rings (SSSR count). The summed E-state index contributed by atoms with van der Waals surface area (Å²) < 4.78 is 0. The Bertz CT molecular complexity index is 570. The number of halogens is 1. The lowest BCUT2D eigenvalue weighted by molar-refractivity contribution is -0.384. The number of hydrogen-bond acceptors (Lipinski definition) is 5. The number of aromatic nitrogens is 2. The third kappa shape index (κ3) is 2.27. The molecule has 0 aliphatic rings. The Balaban J connectivity index is 2.58. The maximum atomic E-state index is 11.0. The lowest BCUT2D eigenvalue weighted by Gasteiger charge is -2.01. The highest BCUT2D eigenvalue weighted by Gasteiger charge is 2.20. The van der Waals surface area contributed by atoms with Gasteiger partial charge in [-0.05, 0) is 13.0 Å². The molecule has 1 aromatic heterocycles. The minimum Gasteiger partial charge on any atom is -0.258 e. The highest BCUT2D eigenvalue weighted by atomic mass is 35.5. The van der Waals surface area contributed by atoms with Gasteiger partial charge in [0.15, 0.2) is 5.01 Å². The van der Waals surface area contributed by atoms with Crippen molar-refractivity contribution in [2.45, 2.75) is 12.8 Å². The van der Waals surface area contributed by atoms with Crippen molar-refractivity contribution in [3.63, 3.8) is 0 Å². The van der Waals surface area contributed by atoms with Crippen molar-refractivity contribution in [1.29, 1.82) is 0 Å². The van der Waals surface area contributed by atoms with Gasteiger partial charge in [-0.25, -0.2) is 0 Å². The monoisotopic (exact) mass is 269 g/mol. The summed E-state index contributed by atoms with van der Waals surface area (Å²) in [7, 11) is 0. The average Bonchev–Trinajstić information content (AvgIpc) is 2.76. The van der Waals surface area contributed by atoms with E-state index in [9.17, 15) is 10.1 Å². The number of rotatable bonds is 3. The Hall–Kier alpha value is -1.53. The first-order valence-electron chi connectivity index (χ1n) is 4.76. The Morgan fingerprint density at radius 2 is 2.24 bits per heavy atom. The van der Waals surface area contributed by atoms with E-state index in [1.165, 1.54) is 11.3 Å². The van der Waals surface area contributed by atoms with Crippen LogP contribution in [0.25, 0.3) is 10.6 Å². The smallest absolute Gasteiger partial charge is 0.258 e. The molecule has 0 unspecified atom stereocenters. The number of nitrogens with zero attached hydrogens (tertiary/aromatic N) is 3. The van der Waals surface area contributed by atoms with Gasteiger partial charge in [-0.15, -0.1) is 21.8 Å². The Labute approximate surface area is 106 Å².